The summed E-state index contributed by atoms with van der Waals surface area (Å²) < 4.78 is 43.6. The Kier molecular flexibility index (Phi) is 6.58. The Morgan fingerprint density at radius 3 is 2.65 bits per heavy atom. The lowest BCUT2D eigenvalue weighted by Gasteiger charge is -2.24. The summed E-state index contributed by atoms with van der Waals surface area (Å²) in [6, 6.07) is 12.3. The fraction of sp³-hybridized carbons (Fsp3) is 0.310. The molecular weight excluding hydrogens is 541 g/mol. The molecule has 1 fully saturated rings. The number of aromatic nitrogens is 3. The Balaban J connectivity index is 1.26. The minimum Gasteiger partial charge on any atom is -0.378 e. The van der Waals surface area contributed by atoms with Gasteiger partial charge < -0.3 is 15.0 Å². The maximum absolute atomic E-state index is 13.3. The van der Waals surface area contributed by atoms with E-state index in [0.29, 0.717) is 29.9 Å². The summed E-state index contributed by atoms with van der Waals surface area (Å²) in [6.07, 6.45) is -1.91. The number of rotatable bonds is 5. The highest BCUT2D eigenvalue weighted by Gasteiger charge is 2.49. The molecule has 3 heterocycles. The summed E-state index contributed by atoms with van der Waals surface area (Å²) in [6.45, 7) is 0.155. The van der Waals surface area contributed by atoms with Crippen LogP contribution in [0.4, 0.5) is 13.2 Å². The number of fused-ring (bicyclic) bond motifs is 1. The van der Waals surface area contributed by atoms with E-state index in [1.807, 2.05) is 29.8 Å². The number of amides is 1. The Morgan fingerprint density at radius 1 is 1.12 bits per heavy atom. The molecule has 4 aromatic rings. The van der Waals surface area contributed by atoms with E-state index < -0.39 is 29.2 Å². The number of hydrogen-bond donors (Lipinski definition) is 2. The van der Waals surface area contributed by atoms with E-state index in [1.54, 1.807) is 0 Å². The molecule has 1 amide bonds. The largest absolute Gasteiger partial charge is 0.416 e. The minimum absolute atomic E-state index is 0.0829. The van der Waals surface area contributed by atoms with Gasteiger partial charge in [0.15, 0.2) is 6.10 Å². The number of benzene rings is 2. The first-order chi connectivity index (χ1) is 19.2. The van der Waals surface area contributed by atoms with E-state index in [-0.39, 0.29) is 24.2 Å². The molecule has 2 aromatic carbocycles. The molecule has 1 unspecified atom stereocenters. The Morgan fingerprint density at radius 2 is 1.93 bits per heavy atom. The van der Waals surface area contributed by atoms with Crippen molar-refractivity contribution in [1.29, 1.82) is 0 Å². The summed E-state index contributed by atoms with van der Waals surface area (Å²) in [7, 11) is 0. The zero-order chi connectivity index (χ0) is 28.1. The van der Waals surface area contributed by atoms with Crippen LogP contribution in [-0.4, -0.2) is 36.8 Å². The normalized spacial score (nSPS) is 17.1. The van der Waals surface area contributed by atoms with Gasteiger partial charge in [0, 0.05) is 23.7 Å². The van der Waals surface area contributed by atoms with Crippen LogP contribution in [0, 0.1) is 0 Å². The van der Waals surface area contributed by atoms with Gasteiger partial charge in [-0.3, -0.25) is 9.59 Å². The molecule has 2 aromatic heterocycles. The predicted molar refractivity (Wildman–Crippen MR) is 143 cm³/mol. The highest BCUT2D eigenvalue weighted by molar-refractivity contribution is 7.03. The average molecular weight is 567 g/mol. The fourth-order valence-corrected chi connectivity index (χ4v) is 5.91. The third-order valence-corrected chi connectivity index (χ3v) is 8.34. The van der Waals surface area contributed by atoms with Crippen molar-refractivity contribution in [2.24, 2.45) is 0 Å². The number of nitrogens with zero attached hydrogens (tertiary/aromatic N) is 3. The molecule has 6 rings (SSSR count). The van der Waals surface area contributed by atoms with Crippen LogP contribution >= 0.6 is 11.5 Å². The van der Waals surface area contributed by atoms with Crippen LogP contribution < -0.4 is 5.56 Å². The molecule has 1 aliphatic carbocycles. The van der Waals surface area contributed by atoms with Gasteiger partial charge in [-0.1, -0.05) is 36.4 Å². The summed E-state index contributed by atoms with van der Waals surface area (Å²) >= 11 is 1.38. The van der Waals surface area contributed by atoms with E-state index in [2.05, 4.69) is 15.4 Å². The lowest BCUT2D eigenvalue weighted by Crippen LogP contribution is -2.36. The molecule has 11 heteroatoms. The summed E-state index contributed by atoms with van der Waals surface area (Å²) in [4.78, 5) is 35.6. The van der Waals surface area contributed by atoms with Gasteiger partial charge in [0.2, 0.25) is 0 Å². The molecule has 2 aliphatic rings. The van der Waals surface area contributed by atoms with Gasteiger partial charge in [-0.05, 0) is 66.0 Å². The second-order valence-electron chi connectivity index (χ2n) is 10.3. The number of aliphatic hydroxyl groups excluding tert-OH is 1. The highest BCUT2D eigenvalue weighted by atomic mass is 32.1. The number of halogens is 3. The monoisotopic (exact) mass is 566 g/mol. The van der Waals surface area contributed by atoms with E-state index in [1.165, 1.54) is 22.5 Å². The van der Waals surface area contributed by atoms with Crippen LogP contribution in [0.3, 0.4) is 0 Å². The van der Waals surface area contributed by atoms with Gasteiger partial charge in [-0.15, -0.1) is 0 Å². The number of carbonyl (C=O) groups excluding carboxylic acids is 1. The number of alkyl halides is 3. The zero-order valence-electron chi connectivity index (χ0n) is 21.2. The van der Waals surface area contributed by atoms with Crippen molar-refractivity contribution in [3.63, 3.8) is 0 Å². The maximum Gasteiger partial charge on any atom is 0.416 e. The third kappa shape index (κ3) is 4.84. The Bertz CT molecular complexity index is 1630. The molecule has 0 saturated heterocycles. The molecule has 0 bridgehead atoms. The lowest BCUT2D eigenvalue weighted by atomic mass is 9.92. The molecule has 40 heavy (non-hydrogen) atoms. The first kappa shape index (κ1) is 26.4. The zero-order valence-corrected chi connectivity index (χ0v) is 22.1. The maximum atomic E-state index is 13.3. The van der Waals surface area contributed by atoms with Crippen molar-refractivity contribution >= 4 is 17.4 Å². The number of carbonyl (C=O) groups is 1. The van der Waals surface area contributed by atoms with Crippen molar-refractivity contribution in [1.82, 2.24) is 19.2 Å². The molecular formula is C29H25F3N4O3S. The highest BCUT2D eigenvalue weighted by Crippen LogP contribution is 2.52. The lowest BCUT2D eigenvalue weighted by molar-refractivity contribution is -0.142. The number of aromatic amines is 1. The molecule has 0 spiro atoms. The van der Waals surface area contributed by atoms with E-state index in [4.69, 9.17) is 4.98 Å². The van der Waals surface area contributed by atoms with Crippen molar-refractivity contribution in [3.05, 3.63) is 104 Å². The van der Waals surface area contributed by atoms with Gasteiger partial charge >= 0.3 is 6.18 Å². The molecule has 0 radical (unpaired) electrons. The average Bonchev–Trinajstić information content (AvgIpc) is 3.64. The predicted octanol–water partition coefficient (Wildman–Crippen LogP) is 5.00. The topological polar surface area (TPSA) is 99.2 Å². The second kappa shape index (κ2) is 9.97. The fourth-order valence-electron chi connectivity index (χ4n) is 5.37. The minimum atomic E-state index is -4.60. The molecule has 2 N–H and O–H groups in total. The molecule has 206 valence electrons. The molecule has 1 atom stereocenters. The molecule has 1 aliphatic heterocycles. The van der Waals surface area contributed by atoms with Gasteiger partial charge in [-0.25, -0.2) is 9.36 Å². The first-order valence-corrected chi connectivity index (χ1v) is 13.8. The van der Waals surface area contributed by atoms with Crippen molar-refractivity contribution in [3.8, 4) is 11.1 Å². The molecule has 7 nitrogen and oxygen atoms in total. The van der Waals surface area contributed by atoms with Crippen LogP contribution in [0.15, 0.2) is 64.9 Å². The van der Waals surface area contributed by atoms with Crippen molar-refractivity contribution in [2.75, 3.05) is 6.54 Å². The van der Waals surface area contributed by atoms with Gasteiger partial charge in [0.25, 0.3) is 11.5 Å². The second-order valence-corrected chi connectivity index (χ2v) is 11.0. The number of hydrogen-bond acceptors (Lipinski definition) is 6. The van der Waals surface area contributed by atoms with E-state index >= 15 is 0 Å². The van der Waals surface area contributed by atoms with Crippen LogP contribution in [0.25, 0.3) is 11.1 Å². The van der Waals surface area contributed by atoms with Crippen LogP contribution in [-0.2, 0) is 29.4 Å². The number of nitrogens with one attached hydrogen (secondary N) is 1. The van der Waals surface area contributed by atoms with Gasteiger partial charge in [-0.2, -0.15) is 13.2 Å². The van der Waals surface area contributed by atoms with Crippen LogP contribution in [0.5, 0.6) is 0 Å². The van der Waals surface area contributed by atoms with Gasteiger partial charge in [0.1, 0.15) is 5.82 Å². The quantitative estimate of drug-likeness (QED) is 0.354. The summed E-state index contributed by atoms with van der Waals surface area (Å²) in [5.74, 6) is -0.158. The smallest absolute Gasteiger partial charge is 0.378 e. The van der Waals surface area contributed by atoms with Crippen molar-refractivity contribution < 1.29 is 23.1 Å². The Hall–Kier alpha value is -3.83. The number of aryl methyl sites for hydroxylation is 1. The SMILES string of the molecule is O=C(C(O)c1cccc(C(F)(F)F)c1)N1CCCc2nc(C3(c4cccc(-c5cnsc5)c4)CC3)[nH]c(=O)c2C1. The van der Waals surface area contributed by atoms with Gasteiger partial charge in [0.05, 0.1) is 28.8 Å². The van der Waals surface area contributed by atoms with Crippen LogP contribution in [0.1, 0.15) is 59.1 Å². The number of H-pyrrole nitrogens is 1. The summed E-state index contributed by atoms with van der Waals surface area (Å²) in [5, 5.41) is 12.6. The Labute approximate surface area is 231 Å². The van der Waals surface area contributed by atoms with Crippen LogP contribution in [0.2, 0.25) is 0 Å². The number of aliphatic hydroxyl groups is 1. The standard InChI is InChI=1S/C29H25F3N4O3S/c30-29(31,32)21-7-2-5-18(13-21)24(37)26(39)36-11-3-8-23-22(15-36)25(38)35-27(34-23)28(9-10-28)20-6-1-4-17(12-20)19-14-33-40-16-19/h1-2,4-7,12-14,16,24,37H,3,8-11,15H2,(H,34,35,38). The van der Waals surface area contributed by atoms with E-state index in [9.17, 15) is 27.9 Å². The summed E-state index contributed by atoms with van der Waals surface area (Å²) in [5.41, 5.74) is 2.24. The third-order valence-electron chi connectivity index (χ3n) is 7.75. The van der Waals surface area contributed by atoms with E-state index in [0.717, 1.165) is 47.7 Å². The van der Waals surface area contributed by atoms with Crippen molar-refractivity contribution in [2.45, 2.75) is 49.9 Å². The first-order valence-electron chi connectivity index (χ1n) is 12.9. The molecule has 1 saturated carbocycles.